The third-order valence-electron chi connectivity index (χ3n) is 3.44. The van der Waals surface area contributed by atoms with Gasteiger partial charge in [-0.15, -0.1) is 11.3 Å². The van der Waals surface area contributed by atoms with Crippen molar-refractivity contribution in [2.24, 2.45) is 0 Å². The molecule has 24 heavy (non-hydrogen) atoms. The lowest BCUT2D eigenvalue weighted by Crippen LogP contribution is -2.28. The molecule has 0 saturated heterocycles. The smallest absolute Gasteiger partial charge is 0.355 e. The minimum atomic E-state index is -4.45. The fourth-order valence-electron chi connectivity index (χ4n) is 2.22. The minimum Gasteiger partial charge on any atom is -0.355 e. The van der Waals surface area contributed by atoms with Gasteiger partial charge in [-0.3, -0.25) is 4.79 Å². The topological polar surface area (TPSA) is 42.0 Å². The van der Waals surface area contributed by atoms with Crippen molar-refractivity contribution in [2.75, 3.05) is 6.54 Å². The number of carbonyl (C=O) groups is 1. The molecule has 0 fully saturated rings. The van der Waals surface area contributed by atoms with Crippen molar-refractivity contribution in [3.63, 3.8) is 0 Å². The number of hydrogen-bond donors (Lipinski definition) is 1. The van der Waals surface area contributed by atoms with E-state index in [1.54, 1.807) is 11.3 Å². The van der Waals surface area contributed by atoms with Crippen LogP contribution in [0.3, 0.4) is 0 Å². The number of halogens is 3. The number of nitrogens with one attached hydrogen (secondary N) is 1. The second kappa shape index (κ2) is 7.79. The molecule has 0 spiro atoms. The minimum absolute atomic E-state index is 0.0155. The third-order valence-corrected chi connectivity index (χ3v) is 4.63. The first-order valence-electron chi connectivity index (χ1n) is 7.63. The van der Waals surface area contributed by atoms with E-state index in [9.17, 15) is 18.0 Å². The van der Waals surface area contributed by atoms with Gasteiger partial charge in [0.15, 0.2) is 0 Å². The Balaban J connectivity index is 1.88. The molecule has 0 aliphatic rings. The molecule has 2 aromatic rings. The second-order valence-electron chi connectivity index (χ2n) is 5.76. The van der Waals surface area contributed by atoms with Crippen molar-refractivity contribution >= 4 is 17.2 Å². The summed E-state index contributed by atoms with van der Waals surface area (Å²) in [5.41, 5.74) is 0.110. The number of rotatable bonds is 6. The van der Waals surface area contributed by atoms with E-state index in [-0.39, 0.29) is 12.0 Å². The molecule has 3 nitrogen and oxygen atoms in total. The van der Waals surface area contributed by atoms with Gasteiger partial charge in [-0.1, -0.05) is 32.0 Å². The molecule has 130 valence electrons. The zero-order valence-corrected chi connectivity index (χ0v) is 14.3. The fourth-order valence-corrected chi connectivity index (χ4v) is 3.09. The van der Waals surface area contributed by atoms with Crippen LogP contribution in [-0.4, -0.2) is 17.4 Å². The number of carbonyl (C=O) groups excluding carboxylic acids is 1. The number of alkyl halides is 3. The number of nitrogens with zero attached hydrogens (tertiary/aromatic N) is 1. The third kappa shape index (κ3) is 5.06. The molecule has 0 bridgehead atoms. The van der Waals surface area contributed by atoms with Crippen LogP contribution >= 0.6 is 11.3 Å². The summed E-state index contributed by atoms with van der Waals surface area (Å²) < 4.78 is 38.7. The number of benzene rings is 1. The van der Waals surface area contributed by atoms with E-state index >= 15 is 0 Å². The molecule has 0 aliphatic carbocycles. The number of aromatic nitrogens is 1. The largest absolute Gasteiger partial charge is 0.416 e. The summed E-state index contributed by atoms with van der Waals surface area (Å²) >= 11 is 1.57. The Morgan fingerprint density at radius 1 is 1.29 bits per heavy atom. The van der Waals surface area contributed by atoms with Gasteiger partial charge in [0.1, 0.15) is 0 Å². The van der Waals surface area contributed by atoms with E-state index in [0.717, 1.165) is 16.8 Å². The van der Waals surface area contributed by atoms with Gasteiger partial charge in [0.25, 0.3) is 0 Å². The monoisotopic (exact) mass is 356 g/mol. The summed E-state index contributed by atoms with van der Waals surface area (Å²) in [7, 11) is 0. The highest BCUT2D eigenvalue weighted by atomic mass is 32.1. The maximum Gasteiger partial charge on any atom is 0.416 e. The lowest BCUT2D eigenvalue weighted by Gasteiger charge is -2.12. The molecule has 0 radical (unpaired) electrons. The number of amides is 1. The van der Waals surface area contributed by atoms with Crippen LogP contribution in [0.15, 0.2) is 29.6 Å². The second-order valence-corrected chi connectivity index (χ2v) is 6.65. The molecule has 1 aromatic carbocycles. The van der Waals surface area contributed by atoms with Crippen LogP contribution in [0.1, 0.15) is 41.6 Å². The highest BCUT2D eigenvalue weighted by molar-refractivity contribution is 7.09. The predicted octanol–water partition coefficient (Wildman–Crippen LogP) is 4.19. The molecule has 1 aromatic heterocycles. The highest BCUT2D eigenvalue weighted by Gasteiger charge is 2.33. The van der Waals surface area contributed by atoms with Gasteiger partial charge in [0.05, 0.1) is 22.7 Å². The molecule has 0 saturated carbocycles. The van der Waals surface area contributed by atoms with E-state index in [4.69, 9.17) is 0 Å². The zero-order valence-electron chi connectivity index (χ0n) is 13.5. The van der Waals surface area contributed by atoms with Gasteiger partial charge in [-0.05, 0) is 11.6 Å². The van der Waals surface area contributed by atoms with Gasteiger partial charge >= 0.3 is 6.18 Å². The standard InChI is InChI=1S/C17H19F3N2OS/c1-11(2)16-22-13(10-24-16)7-8-21-15(23)9-12-5-3-4-6-14(12)17(18,19)20/h3-6,10-11H,7-9H2,1-2H3,(H,21,23). The van der Waals surface area contributed by atoms with Crippen molar-refractivity contribution in [2.45, 2.75) is 38.8 Å². The maximum atomic E-state index is 12.9. The first kappa shape index (κ1) is 18.4. The Labute approximate surface area is 142 Å². The molecular formula is C17H19F3N2OS. The van der Waals surface area contributed by atoms with Crippen LogP contribution in [0.25, 0.3) is 0 Å². The highest BCUT2D eigenvalue weighted by Crippen LogP contribution is 2.32. The van der Waals surface area contributed by atoms with Crippen LogP contribution < -0.4 is 5.32 Å². The molecule has 1 heterocycles. The van der Waals surface area contributed by atoms with Crippen molar-refractivity contribution < 1.29 is 18.0 Å². The first-order valence-corrected chi connectivity index (χ1v) is 8.51. The van der Waals surface area contributed by atoms with Crippen LogP contribution in [0.5, 0.6) is 0 Å². The average molecular weight is 356 g/mol. The van der Waals surface area contributed by atoms with Gasteiger partial charge in [0.2, 0.25) is 5.91 Å². The van der Waals surface area contributed by atoms with Crippen molar-refractivity contribution in [1.82, 2.24) is 10.3 Å². The van der Waals surface area contributed by atoms with E-state index in [0.29, 0.717) is 18.9 Å². The molecule has 1 N–H and O–H groups in total. The van der Waals surface area contributed by atoms with E-state index in [1.807, 2.05) is 5.38 Å². The van der Waals surface area contributed by atoms with Crippen LogP contribution in [-0.2, 0) is 23.8 Å². The van der Waals surface area contributed by atoms with E-state index in [2.05, 4.69) is 24.1 Å². The Hall–Kier alpha value is -1.89. The molecule has 7 heteroatoms. The number of thiazole rings is 1. The summed E-state index contributed by atoms with van der Waals surface area (Å²) in [6, 6.07) is 5.14. The van der Waals surface area contributed by atoms with E-state index in [1.165, 1.54) is 18.2 Å². The number of hydrogen-bond acceptors (Lipinski definition) is 3. The SMILES string of the molecule is CC(C)c1nc(CCNC(=O)Cc2ccccc2C(F)(F)F)cs1. The lowest BCUT2D eigenvalue weighted by atomic mass is 10.0. The summed E-state index contributed by atoms with van der Waals surface area (Å²) in [6.07, 6.45) is -4.18. The quantitative estimate of drug-likeness (QED) is 0.843. The van der Waals surface area contributed by atoms with Gasteiger partial charge in [0, 0.05) is 24.3 Å². The summed E-state index contributed by atoms with van der Waals surface area (Å²) in [4.78, 5) is 16.4. The summed E-state index contributed by atoms with van der Waals surface area (Å²) in [5, 5.41) is 5.64. The van der Waals surface area contributed by atoms with Crippen molar-refractivity contribution in [3.8, 4) is 0 Å². The normalized spacial score (nSPS) is 11.8. The Morgan fingerprint density at radius 3 is 2.62 bits per heavy atom. The predicted molar refractivity (Wildman–Crippen MR) is 88.1 cm³/mol. The molecule has 0 unspecified atom stereocenters. The van der Waals surface area contributed by atoms with Crippen LogP contribution in [0, 0.1) is 0 Å². The molecule has 1 amide bonds. The van der Waals surface area contributed by atoms with Gasteiger partial charge in [-0.25, -0.2) is 4.98 Å². The molecule has 0 atom stereocenters. The maximum absolute atomic E-state index is 12.9. The van der Waals surface area contributed by atoms with Gasteiger partial charge in [-0.2, -0.15) is 13.2 Å². The molecule has 0 aliphatic heterocycles. The fraction of sp³-hybridized carbons (Fsp3) is 0.412. The molecule has 2 rings (SSSR count). The Kier molecular flexibility index (Phi) is 5.99. The Bertz CT molecular complexity index is 695. The lowest BCUT2D eigenvalue weighted by molar-refractivity contribution is -0.138. The van der Waals surface area contributed by atoms with Gasteiger partial charge < -0.3 is 5.32 Å². The first-order chi connectivity index (χ1) is 11.3. The molecular weight excluding hydrogens is 337 g/mol. The summed E-state index contributed by atoms with van der Waals surface area (Å²) in [5.74, 6) is -0.0665. The Morgan fingerprint density at radius 2 is 2.00 bits per heavy atom. The average Bonchev–Trinajstić information content (AvgIpc) is 2.96. The zero-order chi connectivity index (χ0) is 17.7. The summed E-state index contributed by atoms with van der Waals surface area (Å²) in [6.45, 7) is 4.47. The van der Waals surface area contributed by atoms with Crippen molar-refractivity contribution in [1.29, 1.82) is 0 Å². The van der Waals surface area contributed by atoms with Crippen molar-refractivity contribution in [3.05, 3.63) is 51.5 Å². The van der Waals surface area contributed by atoms with Crippen LogP contribution in [0.2, 0.25) is 0 Å². The van der Waals surface area contributed by atoms with Crippen LogP contribution in [0.4, 0.5) is 13.2 Å². The van der Waals surface area contributed by atoms with E-state index < -0.39 is 17.6 Å².